The molecule has 0 spiro atoms. The predicted molar refractivity (Wildman–Crippen MR) is 427 cm³/mol. The summed E-state index contributed by atoms with van der Waals surface area (Å²) in [6.45, 7) is 4.50. The van der Waals surface area contributed by atoms with E-state index in [2.05, 4.69) is 62.5 Å². The molecular weight excluding hydrogens is 1230 g/mol. The topological polar surface area (TPSA) is 108 Å². The predicted octanol–water partition coefficient (Wildman–Crippen LogP) is 29.1. The quantitative estimate of drug-likeness (QED) is 0.0211. The fraction of sp³-hybridized carbons (Fsp3) is 0.886. The summed E-state index contributed by atoms with van der Waals surface area (Å²) in [6.07, 6.45) is 106. The van der Waals surface area contributed by atoms with Gasteiger partial charge in [0.15, 0.2) is 6.10 Å². The molecule has 0 aliphatic rings. The molecule has 0 rings (SSSR count). The van der Waals surface area contributed by atoms with E-state index >= 15 is 0 Å². The van der Waals surface area contributed by atoms with Crippen LogP contribution < -0.4 is 0 Å². The first-order valence-corrected chi connectivity index (χ1v) is 44.9. The molecule has 0 bridgehead atoms. The third-order valence-corrected chi connectivity index (χ3v) is 20.8. The van der Waals surface area contributed by atoms with Gasteiger partial charge in [0, 0.05) is 12.8 Å². The van der Waals surface area contributed by atoms with E-state index in [1.807, 2.05) is 21.1 Å². The van der Waals surface area contributed by atoms with Gasteiger partial charge in [-0.15, -0.1) is 0 Å². The Morgan fingerprint density at radius 2 is 0.551 bits per heavy atom. The highest BCUT2D eigenvalue weighted by atomic mass is 31.2. The van der Waals surface area contributed by atoms with E-state index in [-0.39, 0.29) is 25.6 Å². The normalized spacial score (nSPS) is 13.2. The largest absolute Gasteiger partial charge is 0.472 e. The molecule has 0 aromatic heterocycles. The van der Waals surface area contributed by atoms with Crippen LogP contribution in [0.3, 0.4) is 0 Å². The first kappa shape index (κ1) is 96.0. The number of unbranched alkanes of at least 4 members (excludes halogenated alkanes) is 60. The van der Waals surface area contributed by atoms with Crippen LogP contribution in [0.5, 0.6) is 0 Å². The van der Waals surface area contributed by atoms with Gasteiger partial charge in [0.1, 0.15) is 19.8 Å². The van der Waals surface area contributed by atoms with Crippen molar-refractivity contribution in [3.63, 3.8) is 0 Å². The lowest BCUT2D eigenvalue weighted by atomic mass is 10.0. The van der Waals surface area contributed by atoms with Crippen molar-refractivity contribution in [1.82, 2.24) is 0 Å². The molecule has 578 valence electrons. The summed E-state index contributed by atoms with van der Waals surface area (Å²) < 4.78 is 34.9. The highest BCUT2D eigenvalue weighted by Crippen LogP contribution is 2.43. The highest BCUT2D eigenvalue weighted by Gasteiger charge is 2.27. The summed E-state index contributed by atoms with van der Waals surface area (Å²) >= 11 is 0. The Balaban J connectivity index is 3.85. The van der Waals surface area contributed by atoms with E-state index in [0.717, 1.165) is 44.9 Å². The Hall–Kier alpha value is -2.03. The van der Waals surface area contributed by atoms with Gasteiger partial charge in [0.2, 0.25) is 0 Å². The molecule has 0 aliphatic carbocycles. The summed E-state index contributed by atoms with van der Waals surface area (Å²) in [7, 11) is 1.50. The molecule has 2 unspecified atom stereocenters. The highest BCUT2D eigenvalue weighted by molar-refractivity contribution is 7.47. The van der Waals surface area contributed by atoms with Gasteiger partial charge in [-0.2, -0.15) is 0 Å². The van der Waals surface area contributed by atoms with Gasteiger partial charge in [0.25, 0.3) is 0 Å². The molecule has 0 heterocycles. The average molecular weight is 1400 g/mol. The molecule has 9 nitrogen and oxygen atoms in total. The van der Waals surface area contributed by atoms with Crippen LogP contribution in [-0.2, 0) is 32.7 Å². The maximum Gasteiger partial charge on any atom is 0.472 e. The minimum absolute atomic E-state index is 0.0352. The van der Waals surface area contributed by atoms with Gasteiger partial charge in [-0.05, 0) is 77.0 Å². The van der Waals surface area contributed by atoms with E-state index in [1.165, 1.54) is 372 Å². The van der Waals surface area contributed by atoms with Crippen molar-refractivity contribution in [2.45, 2.75) is 457 Å². The van der Waals surface area contributed by atoms with Crippen molar-refractivity contribution in [2.75, 3.05) is 47.5 Å². The minimum Gasteiger partial charge on any atom is -0.462 e. The summed E-state index contributed by atoms with van der Waals surface area (Å²) in [5, 5.41) is 0. The van der Waals surface area contributed by atoms with Crippen molar-refractivity contribution in [3.05, 3.63) is 48.6 Å². The number of likely N-dealkylation sites (N-methyl/N-ethyl adjacent to an activating group) is 1. The maximum atomic E-state index is 12.9. The zero-order valence-electron chi connectivity index (χ0n) is 66.3. The summed E-state index contributed by atoms with van der Waals surface area (Å²) in [5.74, 6) is -0.770. The Morgan fingerprint density at radius 3 is 0.806 bits per heavy atom. The van der Waals surface area contributed by atoms with Gasteiger partial charge < -0.3 is 18.9 Å². The summed E-state index contributed by atoms with van der Waals surface area (Å²) in [5.41, 5.74) is 0. The number of phosphoric ester groups is 1. The summed E-state index contributed by atoms with van der Waals surface area (Å²) in [4.78, 5) is 36.0. The van der Waals surface area contributed by atoms with Gasteiger partial charge >= 0.3 is 19.8 Å². The molecule has 0 aromatic rings. The number of carbonyl (C=O) groups is 2. The molecule has 0 saturated carbocycles. The lowest BCUT2D eigenvalue weighted by Crippen LogP contribution is -2.37. The zero-order chi connectivity index (χ0) is 71.1. The Kier molecular flexibility index (Phi) is 77.5. The van der Waals surface area contributed by atoms with Crippen LogP contribution >= 0.6 is 7.82 Å². The summed E-state index contributed by atoms with van der Waals surface area (Å²) in [6, 6.07) is 0. The smallest absolute Gasteiger partial charge is 0.462 e. The second kappa shape index (κ2) is 79.1. The van der Waals surface area contributed by atoms with Gasteiger partial charge in [-0.1, -0.05) is 409 Å². The number of allylic oxidation sites excluding steroid dienone is 8. The first-order valence-electron chi connectivity index (χ1n) is 43.4. The average Bonchev–Trinajstić information content (AvgIpc) is 1.08. The molecule has 1 N–H and O–H groups in total. The van der Waals surface area contributed by atoms with Crippen LogP contribution in [0.2, 0.25) is 0 Å². The van der Waals surface area contributed by atoms with Crippen molar-refractivity contribution >= 4 is 19.8 Å². The fourth-order valence-electron chi connectivity index (χ4n) is 13.2. The van der Waals surface area contributed by atoms with Crippen LogP contribution in [0.25, 0.3) is 0 Å². The van der Waals surface area contributed by atoms with Gasteiger partial charge in [0.05, 0.1) is 27.7 Å². The SMILES string of the molecule is CCCCCCC/C=C\C/C=C\CCCCCCCCCCCCCCCCCCCCCCCCCCCCCCCC(=O)OC(COC(=O)CCCCCCCCCCCCCCCCCCCCCCC/C=C\C/C=C\CCCCCCC)COP(=O)(O)OCC[N+](C)(C)C. The molecule has 0 fully saturated rings. The molecule has 0 amide bonds. The number of nitrogens with zero attached hydrogens (tertiary/aromatic N) is 1. The number of carbonyl (C=O) groups excluding carboxylic acids is 2. The number of phosphoric acid groups is 1. The number of ether oxygens (including phenoxy) is 2. The lowest BCUT2D eigenvalue weighted by molar-refractivity contribution is -0.870. The van der Waals surface area contributed by atoms with Crippen LogP contribution in [0.15, 0.2) is 48.6 Å². The van der Waals surface area contributed by atoms with E-state index < -0.39 is 26.5 Å². The number of esters is 2. The van der Waals surface area contributed by atoms with Crippen molar-refractivity contribution in [2.24, 2.45) is 0 Å². The molecule has 0 saturated heterocycles. The zero-order valence-corrected chi connectivity index (χ0v) is 67.2. The lowest BCUT2D eigenvalue weighted by Gasteiger charge is -2.24. The molecule has 0 radical (unpaired) electrons. The van der Waals surface area contributed by atoms with Crippen molar-refractivity contribution in [3.8, 4) is 0 Å². The molecule has 0 aliphatic heterocycles. The second-order valence-electron chi connectivity index (χ2n) is 30.9. The number of hydrogen-bond acceptors (Lipinski definition) is 7. The fourth-order valence-corrected chi connectivity index (χ4v) is 13.9. The second-order valence-corrected chi connectivity index (χ2v) is 32.4. The Bertz CT molecular complexity index is 1790. The third kappa shape index (κ3) is 82.9. The van der Waals surface area contributed by atoms with Crippen LogP contribution in [0.1, 0.15) is 450 Å². The molecule has 98 heavy (non-hydrogen) atoms. The van der Waals surface area contributed by atoms with Crippen molar-refractivity contribution < 1.29 is 42.1 Å². The van der Waals surface area contributed by atoms with Crippen LogP contribution in [-0.4, -0.2) is 74.9 Å². The Labute approximate surface area is 611 Å². The number of rotatable bonds is 82. The Morgan fingerprint density at radius 1 is 0.316 bits per heavy atom. The van der Waals surface area contributed by atoms with Gasteiger partial charge in [-0.3, -0.25) is 18.6 Å². The molecule has 10 heteroatoms. The van der Waals surface area contributed by atoms with Gasteiger partial charge in [-0.25, -0.2) is 4.57 Å². The molecular formula is C88H169NO8P+. The number of quaternary nitrogens is 1. The van der Waals surface area contributed by atoms with Crippen LogP contribution in [0, 0.1) is 0 Å². The minimum atomic E-state index is -4.39. The third-order valence-electron chi connectivity index (χ3n) is 19.8. The molecule has 0 aromatic carbocycles. The maximum absolute atomic E-state index is 12.9. The van der Waals surface area contributed by atoms with E-state index in [1.54, 1.807) is 0 Å². The van der Waals surface area contributed by atoms with E-state index in [0.29, 0.717) is 23.9 Å². The standard InChI is InChI=1S/C88H168NO8P/c1-6-8-10-12-14-16-18-20-22-24-26-28-30-32-34-36-38-40-41-42-43-44-45-46-47-49-51-53-55-57-59-61-63-65-67-69-71-73-75-77-79-81-88(91)97-86(85-96-98(92,93)95-83-82-89(3,4)5)84-94-87(90)80-78-76-74-72-70-68-66-64-62-60-58-56-54-52-50-48-39-37-35-33-31-29-27-25-23-21-19-17-15-13-11-9-7-2/h18-21,24-27,86H,6-17,22-23,28-85H2,1-5H3/p+1/b20-18-,21-19-,26-24-,27-25-. The number of hydrogen-bond donors (Lipinski definition) is 1. The van der Waals surface area contributed by atoms with Crippen LogP contribution in [0.4, 0.5) is 0 Å². The van der Waals surface area contributed by atoms with E-state index in [9.17, 15) is 19.0 Å². The van der Waals surface area contributed by atoms with E-state index in [4.69, 9.17) is 18.5 Å². The molecule has 2 atom stereocenters. The van der Waals surface area contributed by atoms with Crippen molar-refractivity contribution in [1.29, 1.82) is 0 Å². The monoisotopic (exact) mass is 1400 g/mol. The first-order chi connectivity index (χ1) is 48.0.